The Morgan fingerprint density at radius 1 is 1.22 bits per heavy atom. The van der Waals surface area contributed by atoms with E-state index in [2.05, 4.69) is 33.9 Å². The van der Waals surface area contributed by atoms with Crippen molar-refractivity contribution in [2.24, 2.45) is 0 Å². The summed E-state index contributed by atoms with van der Waals surface area (Å²) in [7, 11) is 1.49. The van der Waals surface area contributed by atoms with E-state index in [1.54, 1.807) is 4.68 Å². The highest BCUT2D eigenvalue weighted by atomic mass is 16.5. The molecule has 0 amide bonds. The lowest BCUT2D eigenvalue weighted by Crippen LogP contribution is -2.11. The summed E-state index contributed by atoms with van der Waals surface area (Å²) in [5.41, 5.74) is 7.64. The molecule has 0 spiro atoms. The zero-order valence-corrected chi connectivity index (χ0v) is 10.7. The van der Waals surface area contributed by atoms with E-state index in [1.807, 2.05) is 6.07 Å². The number of aromatic nitrogens is 5. The highest BCUT2D eigenvalue weighted by Crippen LogP contribution is 2.13. The molecule has 2 heterocycles. The number of anilines is 1. The summed E-state index contributed by atoms with van der Waals surface area (Å²) in [6, 6.07) is 2.22. The van der Waals surface area contributed by atoms with Gasteiger partial charge < -0.3 is 10.5 Å². The molecular weight excluding hydrogens is 232 g/mol. The number of nitrogens with zero attached hydrogens (tertiary/aromatic N) is 5. The Hall–Kier alpha value is -2.18. The second kappa shape index (κ2) is 4.99. The number of hydrogen-bond acceptors (Lipinski definition) is 6. The number of methoxy groups -OCH3 is 1. The summed E-state index contributed by atoms with van der Waals surface area (Å²) >= 11 is 0. The summed E-state index contributed by atoms with van der Waals surface area (Å²) in [6.45, 7) is 4.10. The molecule has 2 N–H and O–H groups in total. The van der Waals surface area contributed by atoms with E-state index in [9.17, 15) is 0 Å². The van der Waals surface area contributed by atoms with Crippen LogP contribution in [0.3, 0.4) is 0 Å². The fourth-order valence-electron chi connectivity index (χ4n) is 1.62. The molecule has 0 saturated heterocycles. The molecule has 0 radical (unpaired) electrons. The van der Waals surface area contributed by atoms with E-state index in [4.69, 9.17) is 10.5 Å². The van der Waals surface area contributed by atoms with Gasteiger partial charge in [-0.3, -0.25) is 0 Å². The molecule has 0 saturated carbocycles. The Morgan fingerprint density at radius 3 is 2.61 bits per heavy atom. The van der Waals surface area contributed by atoms with Crippen molar-refractivity contribution in [3.8, 4) is 12.0 Å². The molecule has 2 rings (SSSR count). The van der Waals surface area contributed by atoms with Crippen molar-refractivity contribution in [2.75, 3.05) is 12.8 Å². The summed E-state index contributed by atoms with van der Waals surface area (Å²) in [6.07, 6.45) is 1.69. The van der Waals surface area contributed by atoms with Gasteiger partial charge in [-0.1, -0.05) is 13.8 Å². The molecule has 7 nitrogen and oxygen atoms in total. The van der Waals surface area contributed by atoms with Gasteiger partial charge in [0.1, 0.15) is 0 Å². The SMILES string of the molecule is CCc1cc(CC)n(-c2nc(N)nc(OC)n2)n1. The lowest BCUT2D eigenvalue weighted by molar-refractivity contribution is 0.377. The van der Waals surface area contributed by atoms with Crippen LogP contribution in [-0.4, -0.2) is 31.8 Å². The van der Waals surface area contributed by atoms with Crippen molar-refractivity contribution in [3.63, 3.8) is 0 Å². The molecule has 2 aromatic heterocycles. The number of rotatable bonds is 4. The second-order valence-electron chi connectivity index (χ2n) is 3.73. The van der Waals surface area contributed by atoms with Crippen LogP contribution in [0, 0.1) is 0 Å². The first kappa shape index (κ1) is 12.3. The fourth-order valence-corrected chi connectivity index (χ4v) is 1.62. The van der Waals surface area contributed by atoms with Crippen LogP contribution < -0.4 is 10.5 Å². The van der Waals surface area contributed by atoms with Crippen LogP contribution >= 0.6 is 0 Å². The van der Waals surface area contributed by atoms with Crippen LogP contribution in [0.25, 0.3) is 5.95 Å². The largest absolute Gasteiger partial charge is 0.467 e. The first-order valence-electron chi connectivity index (χ1n) is 5.81. The van der Waals surface area contributed by atoms with Crippen molar-refractivity contribution < 1.29 is 4.74 Å². The van der Waals surface area contributed by atoms with Crippen molar-refractivity contribution in [3.05, 3.63) is 17.5 Å². The Morgan fingerprint density at radius 2 is 2.00 bits per heavy atom. The van der Waals surface area contributed by atoms with Crippen LogP contribution in [0.1, 0.15) is 25.2 Å². The highest BCUT2D eigenvalue weighted by molar-refractivity contribution is 5.27. The molecule has 7 heteroatoms. The van der Waals surface area contributed by atoms with Gasteiger partial charge in [-0.2, -0.15) is 20.1 Å². The van der Waals surface area contributed by atoms with Crippen molar-refractivity contribution in [2.45, 2.75) is 26.7 Å². The molecule has 0 atom stereocenters. The van der Waals surface area contributed by atoms with E-state index in [0.717, 1.165) is 24.2 Å². The smallest absolute Gasteiger partial charge is 0.322 e. The van der Waals surface area contributed by atoms with Gasteiger partial charge in [0, 0.05) is 5.69 Å². The van der Waals surface area contributed by atoms with E-state index < -0.39 is 0 Å². The van der Waals surface area contributed by atoms with Gasteiger partial charge in [0.15, 0.2) is 0 Å². The normalized spacial score (nSPS) is 10.6. The molecule has 0 aromatic carbocycles. The van der Waals surface area contributed by atoms with Gasteiger partial charge in [0.2, 0.25) is 5.95 Å². The number of nitrogens with two attached hydrogens (primary N) is 1. The maximum absolute atomic E-state index is 5.62. The lowest BCUT2D eigenvalue weighted by atomic mass is 10.3. The van der Waals surface area contributed by atoms with Gasteiger partial charge in [-0.05, 0) is 18.9 Å². The summed E-state index contributed by atoms with van der Waals surface area (Å²) in [5, 5.41) is 4.44. The lowest BCUT2D eigenvalue weighted by Gasteiger charge is -2.05. The minimum absolute atomic E-state index is 0.118. The summed E-state index contributed by atoms with van der Waals surface area (Å²) in [4.78, 5) is 12.1. The molecular formula is C11H16N6O. The van der Waals surface area contributed by atoms with E-state index in [-0.39, 0.29) is 12.0 Å². The molecule has 0 aliphatic carbocycles. The van der Waals surface area contributed by atoms with Crippen molar-refractivity contribution in [1.29, 1.82) is 0 Å². The summed E-state index contributed by atoms with van der Waals surface area (Å²) < 4.78 is 6.66. The Balaban J connectivity index is 2.53. The molecule has 2 aromatic rings. The van der Waals surface area contributed by atoms with Crippen molar-refractivity contribution in [1.82, 2.24) is 24.7 Å². The molecule has 96 valence electrons. The third-order valence-electron chi connectivity index (χ3n) is 2.55. The average Bonchev–Trinajstić information content (AvgIpc) is 2.81. The number of ether oxygens (including phenoxy) is 1. The maximum Gasteiger partial charge on any atom is 0.322 e. The fraction of sp³-hybridized carbons (Fsp3) is 0.455. The third-order valence-corrected chi connectivity index (χ3v) is 2.55. The number of aryl methyl sites for hydroxylation is 2. The predicted molar refractivity (Wildman–Crippen MR) is 66.7 cm³/mol. The maximum atomic E-state index is 5.62. The van der Waals surface area contributed by atoms with Crippen LogP contribution in [0.4, 0.5) is 5.95 Å². The molecule has 0 unspecified atom stereocenters. The summed E-state index contributed by atoms with van der Waals surface area (Å²) in [5.74, 6) is 0.503. The van der Waals surface area contributed by atoms with Crippen LogP contribution in [0.5, 0.6) is 6.01 Å². The minimum atomic E-state index is 0.118. The van der Waals surface area contributed by atoms with Gasteiger partial charge >= 0.3 is 6.01 Å². The Kier molecular flexibility index (Phi) is 3.40. The quantitative estimate of drug-likeness (QED) is 0.859. The van der Waals surface area contributed by atoms with Gasteiger partial charge in [0.25, 0.3) is 5.95 Å². The number of nitrogen functional groups attached to an aromatic ring is 1. The van der Waals surface area contributed by atoms with Gasteiger partial charge in [-0.15, -0.1) is 0 Å². The Bertz CT molecular complexity index is 550. The zero-order chi connectivity index (χ0) is 13.1. The van der Waals surface area contributed by atoms with Crippen LogP contribution in [0.2, 0.25) is 0 Å². The molecule has 0 bridgehead atoms. The monoisotopic (exact) mass is 248 g/mol. The van der Waals surface area contributed by atoms with E-state index in [0.29, 0.717) is 5.95 Å². The van der Waals surface area contributed by atoms with Gasteiger partial charge in [-0.25, -0.2) is 4.68 Å². The van der Waals surface area contributed by atoms with Crippen molar-refractivity contribution >= 4 is 5.95 Å². The minimum Gasteiger partial charge on any atom is -0.467 e. The first-order valence-corrected chi connectivity index (χ1v) is 5.81. The first-order chi connectivity index (χ1) is 8.67. The van der Waals surface area contributed by atoms with Crippen LogP contribution in [0.15, 0.2) is 6.07 Å². The van der Waals surface area contributed by atoms with E-state index in [1.165, 1.54) is 7.11 Å². The highest BCUT2D eigenvalue weighted by Gasteiger charge is 2.12. The zero-order valence-electron chi connectivity index (χ0n) is 10.7. The Labute approximate surface area is 105 Å². The molecule has 0 aliphatic rings. The van der Waals surface area contributed by atoms with E-state index >= 15 is 0 Å². The molecule has 18 heavy (non-hydrogen) atoms. The third kappa shape index (κ3) is 2.24. The number of hydrogen-bond donors (Lipinski definition) is 1. The molecule has 0 aliphatic heterocycles. The second-order valence-corrected chi connectivity index (χ2v) is 3.73. The van der Waals surface area contributed by atoms with Gasteiger partial charge in [0.05, 0.1) is 12.8 Å². The molecule has 0 fully saturated rings. The topological polar surface area (TPSA) is 91.7 Å². The van der Waals surface area contributed by atoms with Crippen LogP contribution in [-0.2, 0) is 12.8 Å². The predicted octanol–water partition coefficient (Wildman–Crippen LogP) is 0.773. The standard InChI is InChI=1S/C11H16N6O/c1-4-7-6-8(5-2)17(16-7)10-13-9(12)14-11(15-10)18-3/h6H,4-5H2,1-3H3,(H2,12,13,14,15). The average molecular weight is 248 g/mol.